The Bertz CT molecular complexity index is 402. The average Bonchev–Trinajstić information content (AvgIpc) is 2.32. The first-order valence-electron chi connectivity index (χ1n) is 5.43. The van der Waals surface area contributed by atoms with Crippen LogP contribution in [0.2, 0.25) is 0 Å². The van der Waals surface area contributed by atoms with Crippen molar-refractivity contribution in [1.82, 2.24) is 0 Å². The summed E-state index contributed by atoms with van der Waals surface area (Å²) in [7, 11) is 3.07. The molecular formula is C13H18O3S. The Morgan fingerprint density at radius 3 is 2.47 bits per heavy atom. The van der Waals surface area contributed by atoms with Gasteiger partial charge in [0.25, 0.3) is 0 Å². The molecule has 4 heteroatoms. The van der Waals surface area contributed by atoms with Crippen LogP contribution in [0.4, 0.5) is 0 Å². The lowest BCUT2D eigenvalue weighted by atomic mass is 10.1. The summed E-state index contributed by atoms with van der Waals surface area (Å²) < 4.78 is 9.93. The van der Waals surface area contributed by atoms with Crippen molar-refractivity contribution in [3.05, 3.63) is 23.3 Å². The first-order chi connectivity index (χ1) is 8.08. The van der Waals surface area contributed by atoms with Gasteiger partial charge in [-0.15, -0.1) is 11.8 Å². The van der Waals surface area contributed by atoms with Gasteiger partial charge >= 0.3 is 5.97 Å². The number of hydrogen-bond donors (Lipinski definition) is 0. The van der Waals surface area contributed by atoms with Crippen molar-refractivity contribution in [2.24, 2.45) is 0 Å². The number of esters is 1. The second-order valence-electron chi connectivity index (χ2n) is 3.76. The molecule has 0 aliphatic heterocycles. The van der Waals surface area contributed by atoms with Crippen LogP contribution in [-0.2, 0) is 9.53 Å². The van der Waals surface area contributed by atoms with Gasteiger partial charge in [0.05, 0.1) is 20.6 Å². The molecule has 0 saturated carbocycles. The third kappa shape index (κ3) is 3.97. The van der Waals surface area contributed by atoms with Crippen LogP contribution in [0.25, 0.3) is 0 Å². The number of thioether (sulfide) groups is 1. The standard InChI is InChI=1S/C13H18O3S/c1-9-7-11(15-3)12(8-10(9)2)17-6-5-13(14)16-4/h7-8H,5-6H2,1-4H3. The van der Waals surface area contributed by atoms with Crippen molar-refractivity contribution in [2.45, 2.75) is 25.2 Å². The molecule has 0 atom stereocenters. The average molecular weight is 254 g/mol. The molecule has 1 aromatic rings. The van der Waals surface area contributed by atoms with Crippen LogP contribution in [0.1, 0.15) is 17.5 Å². The third-order valence-electron chi connectivity index (χ3n) is 2.57. The number of carbonyl (C=O) groups is 1. The van der Waals surface area contributed by atoms with Gasteiger partial charge in [0.2, 0.25) is 0 Å². The van der Waals surface area contributed by atoms with Gasteiger partial charge in [-0.3, -0.25) is 4.79 Å². The molecule has 0 saturated heterocycles. The van der Waals surface area contributed by atoms with E-state index in [1.165, 1.54) is 18.2 Å². The summed E-state index contributed by atoms with van der Waals surface area (Å²) in [6, 6.07) is 4.12. The molecule has 3 nitrogen and oxygen atoms in total. The highest BCUT2D eigenvalue weighted by Gasteiger charge is 2.08. The molecule has 0 amide bonds. The summed E-state index contributed by atoms with van der Waals surface area (Å²) >= 11 is 1.61. The van der Waals surface area contributed by atoms with E-state index in [0.717, 1.165) is 10.6 Å². The summed E-state index contributed by atoms with van der Waals surface area (Å²) in [6.07, 6.45) is 0.414. The van der Waals surface area contributed by atoms with Gasteiger partial charge in [0.15, 0.2) is 0 Å². The van der Waals surface area contributed by atoms with Crippen molar-refractivity contribution >= 4 is 17.7 Å². The molecule has 0 aliphatic rings. The molecule has 0 aromatic heterocycles. The zero-order valence-corrected chi connectivity index (χ0v) is 11.5. The van der Waals surface area contributed by atoms with E-state index in [2.05, 4.69) is 24.7 Å². The monoisotopic (exact) mass is 254 g/mol. The van der Waals surface area contributed by atoms with E-state index in [9.17, 15) is 4.79 Å². The van der Waals surface area contributed by atoms with E-state index >= 15 is 0 Å². The Balaban J connectivity index is 2.69. The fourth-order valence-corrected chi connectivity index (χ4v) is 2.42. The predicted octanol–water partition coefficient (Wildman–Crippen LogP) is 2.97. The maximum absolute atomic E-state index is 11.0. The molecule has 0 heterocycles. The SMILES string of the molecule is COC(=O)CCSc1cc(C)c(C)cc1OC. The van der Waals surface area contributed by atoms with Gasteiger partial charge < -0.3 is 9.47 Å². The minimum atomic E-state index is -0.180. The zero-order chi connectivity index (χ0) is 12.8. The van der Waals surface area contributed by atoms with Gasteiger partial charge in [-0.25, -0.2) is 0 Å². The Morgan fingerprint density at radius 2 is 1.88 bits per heavy atom. The number of hydrogen-bond acceptors (Lipinski definition) is 4. The Hall–Kier alpha value is -1.16. The molecule has 17 heavy (non-hydrogen) atoms. The van der Waals surface area contributed by atoms with Gasteiger partial charge in [-0.2, -0.15) is 0 Å². The molecular weight excluding hydrogens is 236 g/mol. The predicted molar refractivity (Wildman–Crippen MR) is 69.8 cm³/mol. The van der Waals surface area contributed by atoms with E-state index in [-0.39, 0.29) is 5.97 Å². The molecule has 0 aliphatic carbocycles. The maximum atomic E-state index is 11.0. The van der Waals surface area contributed by atoms with Gasteiger partial charge in [-0.1, -0.05) is 0 Å². The number of aryl methyl sites for hydroxylation is 2. The van der Waals surface area contributed by atoms with Crippen molar-refractivity contribution < 1.29 is 14.3 Å². The van der Waals surface area contributed by atoms with E-state index in [0.29, 0.717) is 12.2 Å². The summed E-state index contributed by atoms with van der Waals surface area (Å²) in [5.74, 6) is 1.38. The van der Waals surface area contributed by atoms with Gasteiger partial charge in [-0.05, 0) is 37.1 Å². The molecule has 0 spiro atoms. The van der Waals surface area contributed by atoms with Crippen LogP contribution in [0.3, 0.4) is 0 Å². The van der Waals surface area contributed by atoms with Crippen LogP contribution in [0.5, 0.6) is 5.75 Å². The normalized spacial score (nSPS) is 10.1. The Morgan fingerprint density at radius 1 is 1.24 bits per heavy atom. The Kier molecular flexibility index (Phi) is 5.35. The molecule has 94 valence electrons. The van der Waals surface area contributed by atoms with E-state index < -0.39 is 0 Å². The summed E-state index contributed by atoms with van der Waals surface area (Å²) in [6.45, 7) is 4.12. The highest BCUT2D eigenvalue weighted by Crippen LogP contribution is 2.32. The van der Waals surface area contributed by atoms with Crippen molar-refractivity contribution in [3.8, 4) is 5.75 Å². The first kappa shape index (κ1) is 13.9. The van der Waals surface area contributed by atoms with Crippen LogP contribution >= 0.6 is 11.8 Å². The van der Waals surface area contributed by atoms with Gasteiger partial charge in [0, 0.05) is 10.6 Å². The highest BCUT2D eigenvalue weighted by molar-refractivity contribution is 7.99. The maximum Gasteiger partial charge on any atom is 0.306 e. The number of methoxy groups -OCH3 is 2. The quantitative estimate of drug-likeness (QED) is 0.598. The van der Waals surface area contributed by atoms with Crippen LogP contribution in [-0.4, -0.2) is 25.9 Å². The summed E-state index contributed by atoms with van der Waals surface area (Å²) in [5.41, 5.74) is 2.44. The van der Waals surface area contributed by atoms with E-state index in [4.69, 9.17) is 4.74 Å². The van der Waals surface area contributed by atoms with Crippen LogP contribution in [0.15, 0.2) is 17.0 Å². The molecule has 0 bridgehead atoms. The fourth-order valence-electron chi connectivity index (χ4n) is 1.38. The fraction of sp³-hybridized carbons (Fsp3) is 0.462. The van der Waals surface area contributed by atoms with Crippen molar-refractivity contribution in [2.75, 3.05) is 20.0 Å². The molecule has 0 fully saturated rings. The topological polar surface area (TPSA) is 35.5 Å². The van der Waals surface area contributed by atoms with Gasteiger partial charge in [0.1, 0.15) is 5.75 Å². The molecule has 0 N–H and O–H groups in total. The summed E-state index contributed by atoms with van der Waals surface area (Å²) in [5, 5.41) is 0. The minimum Gasteiger partial charge on any atom is -0.496 e. The molecule has 1 rings (SSSR count). The third-order valence-corrected chi connectivity index (χ3v) is 3.61. The molecule has 0 radical (unpaired) electrons. The van der Waals surface area contributed by atoms with Crippen LogP contribution < -0.4 is 4.74 Å². The highest BCUT2D eigenvalue weighted by atomic mass is 32.2. The van der Waals surface area contributed by atoms with E-state index in [1.54, 1.807) is 18.9 Å². The first-order valence-corrected chi connectivity index (χ1v) is 6.42. The second-order valence-corrected chi connectivity index (χ2v) is 4.90. The number of ether oxygens (including phenoxy) is 2. The van der Waals surface area contributed by atoms with Crippen molar-refractivity contribution in [1.29, 1.82) is 0 Å². The largest absolute Gasteiger partial charge is 0.496 e. The molecule has 0 unspecified atom stereocenters. The lowest BCUT2D eigenvalue weighted by Gasteiger charge is -2.11. The second kappa shape index (κ2) is 6.55. The lowest BCUT2D eigenvalue weighted by molar-refractivity contribution is -0.140. The number of rotatable bonds is 5. The van der Waals surface area contributed by atoms with Crippen LogP contribution in [0, 0.1) is 13.8 Å². The number of carbonyl (C=O) groups excluding carboxylic acids is 1. The smallest absolute Gasteiger partial charge is 0.306 e. The number of benzene rings is 1. The molecule has 1 aromatic carbocycles. The minimum absolute atomic E-state index is 0.180. The summed E-state index contributed by atoms with van der Waals surface area (Å²) in [4.78, 5) is 12.1. The Labute approximate surface area is 106 Å². The lowest BCUT2D eigenvalue weighted by Crippen LogP contribution is -2.01. The van der Waals surface area contributed by atoms with Crippen molar-refractivity contribution in [3.63, 3.8) is 0 Å². The van der Waals surface area contributed by atoms with E-state index in [1.807, 2.05) is 6.07 Å². The zero-order valence-electron chi connectivity index (χ0n) is 10.7.